The summed E-state index contributed by atoms with van der Waals surface area (Å²) in [5, 5.41) is 0. The van der Waals surface area contributed by atoms with Crippen molar-refractivity contribution in [2.75, 3.05) is 6.54 Å². The molecule has 2 amide bonds. The highest BCUT2D eigenvalue weighted by Gasteiger charge is 2.28. The molecule has 3 heteroatoms. The molecular weight excluding hydrogens is 166 g/mol. The summed E-state index contributed by atoms with van der Waals surface area (Å²) < 4.78 is 0. The van der Waals surface area contributed by atoms with Gasteiger partial charge < -0.3 is 0 Å². The number of nitrogens with zero attached hydrogens (tertiary/aromatic N) is 1. The molecule has 0 N–H and O–H groups in total. The molecule has 1 fully saturated rings. The Labute approximate surface area is 79.1 Å². The van der Waals surface area contributed by atoms with Gasteiger partial charge >= 0.3 is 0 Å². The molecule has 0 spiro atoms. The Morgan fingerprint density at radius 2 is 2.08 bits per heavy atom. The molecule has 0 saturated carbocycles. The molecule has 1 rings (SSSR count). The predicted octanol–water partition coefficient (Wildman–Crippen LogP) is 1.57. The Kier molecular flexibility index (Phi) is 2.74. The van der Waals surface area contributed by atoms with E-state index in [2.05, 4.69) is 0 Å². The van der Waals surface area contributed by atoms with Gasteiger partial charge in [0, 0.05) is 19.4 Å². The second-order valence-corrected chi connectivity index (χ2v) is 4.78. The number of rotatable bonds is 1. The van der Waals surface area contributed by atoms with E-state index in [1.165, 1.54) is 4.90 Å². The summed E-state index contributed by atoms with van der Waals surface area (Å²) >= 11 is 0. The minimum Gasteiger partial charge on any atom is -0.283 e. The van der Waals surface area contributed by atoms with Gasteiger partial charge in [0.05, 0.1) is 0 Å². The topological polar surface area (TPSA) is 37.4 Å². The number of hydrogen-bond acceptors (Lipinski definition) is 2. The van der Waals surface area contributed by atoms with Crippen LogP contribution in [0.2, 0.25) is 0 Å². The lowest BCUT2D eigenvalue weighted by Crippen LogP contribution is -2.34. The molecular formula is C10H17NO2. The van der Waals surface area contributed by atoms with Crippen molar-refractivity contribution in [3.8, 4) is 0 Å². The van der Waals surface area contributed by atoms with Gasteiger partial charge in [0.1, 0.15) is 0 Å². The van der Waals surface area contributed by atoms with E-state index in [9.17, 15) is 9.59 Å². The minimum absolute atomic E-state index is 0.00532. The number of amides is 2. The zero-order chi connectivity index (χ0) is 10.1. The Hall–Kier alpha value is -0.860. The van der Waals surface area contributed by atoms with E-state index in [-0.39, 0.29) is 17.2 Å². The van der Waals surface area contributed by atoms with Crippen LogP contribution in [0.5, 0.6) is 0 Å². The second kappa shape index (κ2) is 3.48. The standard InChI is InChI=1S/C10H17NO2/c1-10(2,3)7-9(13)11-6-4-5-8(11)12/h4-7H2,1-3H3. The SMILES string of the molecule is CC(C)(C)CC(=O)N1CCCC1=O. The third-order valence-electron chi connectivity index (χ3n) is 2.06. The summed E-state index contributed by atoms with van der Waals surface area (Å²) in [7, 11) is 0. The average Bonchev–Trinajstić information content (AvgIpc) is 2.30. The van der Waals surface area contributed by atoms with Crippen LogP contribution >= 0.6 is 0 Å². The molecule has 0 aromatic rings. The Morgan fingerprint density at radius 1 is 1.46 bits per heavy atom. The summed E-state index contributed by atoms with van der Waals surface area (Å²) in [6, 6.07) is 0. The van der Waals surface area contributed by atoms with Crippen LogP contribution in [-0.2, 0) is 9.59 Å². The summed E-state index contributed by atoms with van der Waals surface area (Å²) in [5.74, 6) is -0.0238. The molecule has 0 aromatic heterocycles. The maximum absolute atomic E-state index is 11.6. The fourth-order valence-electron chi connectivity index (χ4n) is 1.46. The Morgan fingerprint density at radius 3 is 2.46 bits per heavy atom. The molecule has 1 saturated heterocycles. The van der Waals surface area contributed by atoms with Gasteiger partial charge in [0.15, 0.2) is 0 Å². The van der Waals surface area contributed by atoms with Crippen LogP contribution in [0.1, 0.15) is 40.0 Å². The number of carbonyl (C=O) groups excluding carboxylic acids is 2. The lowest BCUT2D eigenvalue weighted by atomic mass is 9.92. The van der Waals surface area contributed by atoms with E-state index in [1.54, 1.807) is 0 Å². The minimum atomic E-state index is -0.0278. The fraction of sp³-hybridized carbons (Fsp3) is 0.800. The van der Waals surface area contributed by atoms with E-state index in [0.717, 1.165) is 6.42 Å². The number of likely N-dealkylation sites (tertiary alicyclic amines) is 1. The van der Waals surface area contributed by atoms with Gasteiger partial charge in [-0.3, -0.25) is 14.5 Å². The molecule has 74 valence electrons. The third kappa shape index (κ3) is 2.83. The molecule has 3 nitrogen and oxygen atoms in total. The van der Waals surface area contributed by atoms with Crippen molar-refractivity contribution in [2.24, 2.45) is 5.41 Å². The normalized spacial score (nSPS) is 18.1. The highest BCUT2D eigenvalue weighted by atomic mass is 16.2. The molecule has 0 radical (unpaired) electrons. The van der Waals surface area contributed by atoms with Crippen molar-refractivity contribution in [3.05, 3.63) is 0 Å². The van der Waals surface area contributed by atoms with Crippen LogP contribution in [0, 0.1) is 5.41 Å². The largest absolute Gasteiger partial charge is 0.283 e. The molecule has 0 aromatic carbocycles. The van der Waals surface area contributed by atoms with Crippen molar-refractivity contribution in [2.45, 2.75) is 40.0 Å². The molecule has 13 heavy (non-hydrogen) atoms. The van der Waals surface area contributed by atoms with Gasteiger partial charge in [-0.2, -0.15) is 0 Å². The van der Waals surface area contributed by atoms with Gasteiger partial charge in [-0.05, 0) is 11.8 Å². The summed E-state index contributed by atoms with van der Waals surface area (Å²) in [6.07, 6.45) is 1.82. The first kappa shape index (κ1) is 10.2. The van der Waals surface area contributed by atoms with E-state index in [0.29, 0.717) is 19.4 Å². The van der Waals surface area contributed by atoms with Gasteiger partial charge in [-0.1, -0.05) is 20.8 Å². The first-order valence-corrected chi connectivity index (χ1v) is 4.73. The van der Waals surface area contributed by atoms with Crippen LogP contribution in [0.3, 0.4) is 0 Å². The van der Waals surface area contributed by atoms with Crippen molar-refractivity contribution in [1.29, 1.82) is 0 Å². The van der Waals surface area contributed by atoms with Crippen LogP contribution < -0.4 is 0 Å². The van der Waals surface area contributed by atoms with Gasteiger partial charge in [0.2, 0.25) is 11.8 Å². The highest BCUT2D eigenvalue weighted by molar-refractivity contribution is 5.96. The van der Waals surface area contributed by atoms with Crippen LogP contribution in [0.25, 0.3) is 0 Å². The van der Waals surface area contributed by atoms with Crippen LogP contribution in [0.4, 0.5) is 0 Å². The number of carbonyl (C=O) groups is 2. The van der Waals surface area contributed by atoms with Crippen LogP contribution in [-0.4, -0.2) is 23.3 Å². The first-order chi connectivity index (χ1) is 5.90. The molecule has 1 aliphatic heterocycles. The predicted molar refractivity (Wildman–Crippen MR) is 50.0 cm³/mol. The number of hydrogen-bond donors (Lipinski definition) is 0. The van der Waals surface area contributed by atoms with E-state index >= 15 is 0 Å². The first-order valence-electron chi connectivity index (χ1n) is 4.73. The molecule has 1 aliphatic rings. The van der Waals surface area contributed by atoms with Gasteiger partial charge in [0.25, 0.3) is 0 Å². The molecule has 0 atom stereocenters. The summed E-state index contributed by atoms with van der Waals surface area (Å²) in [6.45, 7) is 6.64. The monoisotopic (exact) mass is 183 g/mol. The van der Waals surface area contributed by atoms with Gasteiger partial charge in [-0.25, -0.2) is 0 Å². The maximum Gasteiger partial charge on any atom is 0.229 e. The molecule has 1 heterocycles. The smallest absolute Gasteiger partial charge is 0.229 e. The van der Waals surface area contributed by atoms with Crippen molar-refractivity contribution in [1.82, 2.24) is 4.90 Å². The lowest BCUT2D eigenvalue weighted by molar-refractivity contribution is -0.142. The Balaban J connectivity index is 2.53. The zero-order valence-electron chi connectivity index (χ0n) is 8.59. The third-order valence-corrected chi connectivity index (χ3v) is 2.06. The van der Waals surface area contributed by atoms with E-state index < -0.39 is 0 Å². The van der Waals surface area contributed by atoms with E-state index in [4.69, 9.17) is 0 Å². The van der Waals surface area contributed by atoms with Crippen molar-refractivity contribution in [3.63, 3.8) is 0 Å². The molecule has 0 aliphatic carbocycles. The second-order valence-electron chi connectivity index (χ2n) is 4.78. The van der Waals surface area contributed by atoms with E-state index in [1.807, 2.05) is 20.8 Å². The summed E-state index contributed by atoms with van der Waals surface area (Å²) in [4.78, 5) is 24.2. The zero-order valence-corrected chi connectivity index (χ0v) is 8.59. The highest BCUT2D eigenvalue weighted by Crippen LogP contribution is 2.21. The average molecular weight is 183 g/mol. The van der Waals surface area contributed by atoms with Crippen molar-refractivity contribution >= 4 is 11.8 Å². The lowest BCUT2D eigenvalue weighted by Gasteiger charge is -2.21. The number of imide groups is 1. The summed E-state index contributed by atoms with van der Waals surface area (Å²) in [5.41, 5.74) is -0.0278. The quantitative estimate of drug-likeness (QED) is 0.618. The van der Waals surface area contributed by atoms with Crippen molar-refractivity contribution < 1.29 is 9.59 Å². The molecule has 0 unspecified atom stereocenters. The van der Waals surface area contributed by atoms with Crippen LogP contribution in [0.15, 0.2) is 0 Å². The molecule has 0 bridgehead atoms. The maximum atomic E-state index is 11.6. The fourth-order valence-corrected chi connectivity index (χ4v) is 1.46. The van der Waals surface area contributed by atoms with Gasteiger partial charge in [-0.15, -0.1) is 0 Å². The Bertz CT molecular complexity index is 228.